The molecule has 0 radical (unpaired) electrons. The van der Waals surface area contributed by atoms with Crippen molar-refractivity contribution in [2.45, 2.75) is 12.4 Å². The molecule has 0 aromatic heterocycles. The van der Waals surface area contributed by atoms with E-state index in [1.165, 1.54) is 22.6 Å². The van der Waals surface area contributed by atoms with Crippen molar-refractivity contribution in [1.29, 1.82) is 0 Å². The first-order chi connectivity index (χ1) is 8.46. The van der Waals surface area contributed by atoms with Gasteiger partial charge in [0.1, 0.15) is 0 Å². The minimum Gasteiger partial charge on any atom is -0.284 e. The van der Waals surface area contributed by atoms with Crippen molar-refractivity contribution in [1.82, 2.24) is 0 Å². The van der Waals surface area contributed by atoms with E-state index < -0.39 is 35.0 Å². The topological polar surface area (TPSA) is 34.1 Å². The summed E-state index contributed by atoms with van der Waals surface area (Å²) in [6.07, 6.45) is -10.7. The second kappa shape index (κ2) is 5.10. The molecule has 0 amide bonds. The third-order valence-corrected chi connectivity index (χ3v) is 2.90. The van der Waals surface area contributed by atoms with Crippen molar-refractivity contribution in [2.24, 2.45) is 0 Å². The van der Waals surface area contributed by atoms with Gasteiger partial charge in [0.15, 0.2) is 0 Å². The molecule has 0 aliphatic carbocycles. The number of hydrogen-bond donors (Lipinski definition) is 0. The number of benzene rings is 1. The molecule has 0 heterocycles. The normalized spacial score (nSPS) is 12.4. The van der Waals surface area contributed by atoms with Crippen molar-refractivity contribution >= 4 is 34.2 Å². The maximum absolute atomic E-state index is 12.3. The predicted molar refractivity (Wildman–Crippen MR) is 59.9 cm³/mol. The Morgan fingerprint density at radius 3 is 1.79 bits per heavy atom. The maximum Gasteiger partial charge on any atom is 0.454 e. The number of carbonyl (C=O) groups is 2. The van der Waals surface area contributed by atoms with Crippen LogP contribution in [0, 0.1) is 3.57 Å². The summed E-state index contributed by atoms with van der Waals surface area (Å²) in [5, 5.41) is 0. The molecular weight excluding hydrogens is 393 g/mol. The lowest BCUT2D eigenvalue weighted by molar-refractivity contribution is -0.0908. The molecule has 0 unspecified atom stereocenters. The third kappa shape index (κ3) is 3.45. The summed E-state index contributed by atoms with van der Waals surface area (Å²) < 4.78 is 73.3. The van der Waals surface area contributed by atoms with Crippen LogP contribution >= 0.6 is 22.6 Å². The minimum absolute atomic E-state index is 0.380. The van der Waals surface area contributed by atoms with Gasteiger partial charge in [-0.3, -0.25) is 9.59 Å². The molecular formula is C10H3F6IO2. The molecule has 0 aliphatic heterocycles. The molecule has 1 aromatic carbocycles. The molecule has 0 aliphatic rings. The lowest BCUT2D eigenvalue weighted by atomic mass is 9.99. The molecule has 0 atom stereocenters. The van der Waals surface area contributed by atoms with E-state index in [0.717, 1.165) is 12.1 Å². The van der Waals surface area contributed by atoms with Gasteiger partial charge < -0.3 is 0 Å². The number of carbonyl (C=O) groups excluding carboxylic acids is 2. The zero-order chi connectivity index (χ0) is 15.0. The number of Topliss-reactive ketones (excluding diaryl/α,β-unsaturated/α-hetero) is 2. The number of rotatable bonds is 2. The summed E-state index contributed by atoms with van der Waals surface area (Å²) in [5.41, 5.74) is -2.58. The highest BCUT2D eigenvalue weighted by Gasteiger charge is 2.46. The lowest BCUT2D eigenvalue weighted by Crippen LogP contribution is -2.30. The fourth-order valence-electron chi connectivity index (χ4n) is 1.24. The first-order valence-electron chi connectivity index (χ1n) is 4.48. The Balaban J connectivity index is 3.49. The van der Waals surface area contributed by atoms with E-state index in [9.17, 15) is 35.9 Å². The average molecular weight is 396 g/mol. The van der Waals surface area contributed by atoms with Crippen LogP contribution in [0.4, 0.5) is 26.3 Å². The first kappa shape index (κ1) is 15.9. The molecule has 0 saturated heterocycles. The maximum atomic E-state index is 12.3. The van der Waals surface area contributed by atoms with Gasteiger partial charge in [-0.1, -0.05) is 12.1 Å². The fraction of sp³-hybridized carbons (Fsp3) is 0.200. The molecule has 0 fully saturated rings. The van der Waals surface area contributed by atoms with Gasteiger partial charge in [0.05, 0.1) is 5.56 Å². The second-order valence-electron chi connectivity index (χ2n) is 3.32. The molecule has 1 aromatic rings. The predicted octanol–water partition coefficient (Wildman–Crippen LogP) is 3.78. The Bertz CT molecular complexity index is 532. The Kier molecular flexibility index (Phi) is 4.27. The van der Waals surface area contributed by atoms with Gasteiger partial charge >= 0.3 is 12.4 Å². The Labute approximate surface area is 115 Å². The largest absolute Gasteiger partial charge is 0.454 e. The highest BCUT2D eigenvalue weighted by atomic mass is 127. The highest BCUT2D eigenvalue weighted by molar-refractivity contribution is 14.1. The van der Waals surface area contributed by atoms with Crippen molar-refractivity contribution in [3.8, 4) is 0 Å². The summed E-state index contributed by atoms with van der Waals surface area (Å²) in [6, 6.07) is 2.51. The molecule has 2 nitrogen and oxygen atoms in total. The van der Waals surface area contributed by atoms with Crippen LogP contribution in [0.25, 0.3) is 0 Å². The van der Waals surface area contributed by atoms with E-state index in [2.05, 4.69) is 0 Å². The Hall–Kier alpha value is -1.13. The molecule has 19 heavy (non-hydrogen) atoms. The monoisotopic (exact) mass is 396 g/mol. The van der Waals surface area contributed by atoms with Crippen LogP contribution in [0.3, 0.4) is 0 Å². The Morgan fingerprint density at radius 1 is 0.895 bits per heavy atom. The molecule has 0 bridgehead atoms. The summed E-state index contributed by atoms with van der Waals surface area (Å²) in [7, 11) is 0. The van der Waals surface area contributed by atoms with E-state index in [-0.39, 0.29) is 3.57 Å². The van der Waals surface area contributed by atoms with Gasteiger partial charge in [-0.25, -0.2) is 0 Å². The van der Waals surface area contributed by atoms with Gasteiger partial charge in [0.2, 0.25) is 0 Å². The number of alkyl halides is 6. The smallest absolute Gasteiger partial charge is 0.284 e. The molecule has 0 spiro atoms. The standard InChI is InChI=1S/C10H3F6IO2/c11-9(12,13)7(18)4-2-1-3-5(17)6(4)8(19)10(14,15)16/h1-3H. The zero-order valence-electron chi connectivity index (χ0n) is 8.69. The van der Waals surface area contributed by atoms with E-state index in [4.69, 9.17) is 0 Å². The van der Waals surface area contributed by atoms with Crippen molar-refractivity contribution < 1.29 is 35.9 Å². The van der Waals surface area contributed by atoms with Crippen LogP contribution in [0.1, 0.15) is 20.7 Å². The quantitative estimate of drug-likeness (QED) is 0.433. The van der Waals surface area contributed by atoms with Gasteiger partial charge in [0.25, 0.3) is 11.6 Å². The summed E-state index contributed by atoms with van der Waals surface area (Å²) in [6.45, 7) is 0. The SMILES string of the molecule is O=C(c1cccc(I)c1C(=O)C(F)(F)F)C(F)(F)F. The summed E-state index contributed by atoms with van der Waals surface area (Å²) >= 11 is 1.26. The second-order valence-corrected chi connectivity index (χ2v) is 4.48. The summed E-state index contributed by atoms with van der Waals surface area (Å²) in [4.78, 5) is 22.1. The van der Waals surface area contributed by atoms with E-state index in [1.54, 1.807) is 0 Å². The molecule has 9 heteroatoms. The average Bonchev–Trinajstić information content (AvgIpc) is 2.24. The van der Waals surface area contributed by atoms with E-state index in [0.29, 0.717) is 6.07 Å². The van der Waals surface area contributed by atoms with E-state index in [1.807, 2.05) is 0 Å². The minimum atomic E-state index is -5.36. The fourth-order valence-corrected chi connectivity index (χ4v) is 1.98. The van der Waals surface area contributed by atoms with Gasteiger partial charge in [0, 0.05) is 9.13 Å². The highest BCUT2D eigenvalue weighted by Crippen LogP contribution is 2.30. The van der Waals surface area contributed by atoms with Crippen molar-refractivity contribution in [2.75, 3.05) is 0 Å². The zero-order valence-corrected chi connectivity index (χ0v) is 10.9. The van der Waals surface area contributed by atoms with Crippen LogP contribution in [0.2, 0.25) is 0 Å². The lowest BCUT2D eigenvalue weighted by Gasteiger charge is -2.13. The van der Waals surface area contributed by atoms with Crippen LogP contribution in [-0.4, -0.2) is 23.9 Å². The molecule has 0 N–H and O–H groups in total. The molecule has 104 valence electrons. The number of halogens is 7. The van der Waals surface area contributed by atoms with E-state index >= 15 is 0 Å². The van der Waals surface area contributed by atoms with Crippen LogP contribution in [-0.2, 0) is 0 Å². The molecule has 0 saturated carbocycles. The first-order valence-corrected chi connectivity index (χ1v) is 5.55. The van der Waals surface area contributed by atoms with Crippen molar-refractivity contribution in [3.63, 3.8) is 0 Å². The molecule has 1 rings (SSSR count). The van der Waals surface area contributed by atoms with Crippen LogP contribution in [0.5, 0.6) is 0 Å². The van der Waals surface area contributed by atoms with Gasteiger partial charge in [-0.15, -0.1) is 0 Å². The summed E-state index contributed by atoms with van der Waals surface area (Å²) in [5.74, 6) is -4.97. The van der Waals surface area contributed by atoms with Gasteiger partial charge in [-0.2, -0.15) is 26.3 Å². The Morgan fingerprint density at radius 2 is 1.37 bits per heavy atom. The van der Waals surface area contributed by atoms with Crippen LogP contribution in [0.15, 0.2) is 18.2 Å². The van der Waals surface area contributed by atoms with Gasteiger partial charge in [-0.05, 0) is 28.7 Å². The van der Waals surface area contributed by atoms with Crippen molar-refractivity contribution in [3.05, 3.63) is 32.9 Å². The third-order valence-electron chi connectivity index (χ3n) is 2.00. The number of ketones is 2. The van der Waals surface area contributed by atoms with Crippen LogP contribution < -0.4 is 0 Å². The number of hydrogen-bond acceptors (Lipinski definition) is 2.